The number of rotatable bonds is 5. The molecule has 0 unspecified atom stereocenters. The van der Waals surface area contributed by atoms with Gasteiger partial charge in [0.05, 0.1) is 0 Å². The summed E-state index contributed by atoms with van der Waals surface area (Å²) in [6.45, 7) is 2.19. The van der Waals surface area contributed by atoms with Gasteiger partial charge in [-0.3, -0.25) is 0 Å². The summed E-state index contributed by atoms with van der Waals surface area (Å²) in [6, 6.07) is 9.35. The van der Waals surface area contributed by atoms with Crippen LogP contribution in [0.3, 0.4) is 0 Å². The molecule has 126 valence electrons. The molecule has 0 bridgehead atoms. The Morgan fingerprint density at radius 1 is 0.913 bits per heavy atom. The number of hydrogen-bond donors (Lipinski definition) is 0. The summed E-state index contributed by atoms with van der Waals surface area (Å²) in [5.41, 5.74) is 3.26. The molecule has 0 radical (unpaired) electrons. The molecule has 0 amide bonds. The Morgan fingerprint density at radius 3 is 2.26 bits per heavy atom. The van der Waals surface area contributed by atoms with Crippen LogP contribution in [0, 0.1) is 12.8 Å². The molecule has 2 aliphatic rings. The van der Waals surface area contributed by atoms with E-state index in [9.17, 15) is 0 Å². The van der Waals surface area contributed by atoms with E-state index in [0.29, 0.717) is 5.41 Å². The second-order valence-corrected chi connectivity index (χ2v) is 8.07. The predicted octanol–water partition coefficient (Wildman–Crippen LogP) is 7.11. The van der Waals surface area contributed by atoms with E-state index >= 15 is 0 Å². The average Bonchev–Trinajstić information content (AvgIpc) is 2.61. The third kappa shape index (κ3) is 4.49. The van der Waals surface area contributed by atoms with Crippen molar-refractivity contribution in [2.24, 2.45) is 5.92 Å². The molecular formula is C23H34. The van der Waals surface area contributed by atoms with Crippen LogP contribution in [0.15, 0.2) is 36.4 Å². The molecule has 0 spiro atoms. The first-order valence-corrected chi connectivity index (χ1v) is 10.0. The van der Waals surface area contributed by atoms with E-state index in [2.05, 4.69) is 43.3 Å². The van der Waals surface area contributed by atoms with Crippen LogP contribution in [0.25, 0.3) is 0 Å². The van der Waals surface area contributed by atoms with Crippen molar-refractivity contribution in [3.05, 3.63) is 47.5 Å². The summed E-state index contributed by atoms with van der Waals surface area (Å²) < 4.78 is 0. The minimum absolute atomic E-state index is 0.332. The van der Waals surface area contributed by atoms with Gasteiger partial charge in [0.2, 0.25) is 0 Å². The lowest BCUT2D eigenvalue weighted by atomic mass is 9.69. The Labute approximate surface area is 143 Å². The van der Waals surface area contributed by atoms with Gasteiger partial charge in [-0.1, -0.05) is 93.3 Å². The number of benzene rings is 1. The van der Waals surface area contributed by atoms with E-state index in [0.717, 1.165) is 5.92 Å². The van der Waals surface area contributed by atoms with Crippen molar-refractivity contribution >= 4 is 0 Å². The smallest absolute Gasteiger partial charge is 0.0132 e. The maximum absolute atomic E-state index is 2.60. The monoisotopic (exact) mass is 310 g/mol. The first kappa shape index (κ1) is 16.8. The van der Waals surface area contributed by atoms with Crippen LogP contribution in [0.1, 0.15) is 88.2 Å². The second kappa shape index (κ2) is 8.18. The molecule has 0 nitrogen and oxygen atoms in total. The molecule has 2 saturated carbocycles. The molecule has 1 aromatic carbocycles. The van der Waals surface area contributed by atoms with Gasteiger partial charge < -0.3 is 0 Å². The summed E-state index contributed by atoms with van der Waals surface area (Å²) in [7, 11) is 0. The molecule has 0 N–H and O–H groups in total. The van der Waals surface area contributed by atoms with Crippen molar-refractivity contribution in [2.75, 3.05) is 0 Å². The topological polar surface area (TPSA) is 0 Å². The molecule has 0 saturated heterocycles. The number of allylic oxidation sites excluding steroid dienone is 2. The van der Waals surface area contributed by atoms with E-state index in [1.807, 2.05) is 0 Å². The zero-order valence-corrected chi connectivity index (χ0v) is 15.0. The Morgan fingerprint density at radius 2 is 1.57 bits per heavy atom. The van der Waals surface area contributed by atoms with Crippen molar-refractivity contribution in [3.63, 3.8) is 0 Å². The quantitative estimate of drug-likeness (QED) is 0.508. The SMILES string of the molecule is Cc1ccc(C2(/C=C/CCC3CCCCC3)CCCCC2)cc1. The van der Waals surface area contributed by atoms with E-state index in [1.165, 1.54) is 82.6 Å². The van der Waals surface area contributed by atoms with Gasteiger partial charge in [-0.15, -0.1) is 0 Å². The van der Waals surface area contributed by atoms with Gasteiger partial charge in [0.15, 0.2) is 0 Å². The fourth-order valence-electron chi connectivity index (χ4n) is 4.74. The molecule has 23 heavy (non-hydrogen) atoms. The van der Waals surface area contributed by atoms with Gasteiger partial charge in [-0.05, 0) is 44.1 Å². The van der Waals surface area contributed by atoms with Crippen LogP contribution >= 0.6 is 0 Å². The molecule has 0 heterocycles. The zero-order valence-electron chi connectivity index (χ0n) is 15.0. The average molecular weight is 311 g/mol. The Bertz CT molecular complexity index is 481. The van der Waals surface area contributed by atoms with Crippen LogP contribution < -0.4 is 0 Å². The Kier molecular flexibility index (Phi) is 5.97. The molecule has 0 heteroatoms. The first-order chi connectivity index (χ1) is 11.3. The van der Waals surface area contributed by atoms with Crippen molar-refractivity contribution in [3.8, 4) is 0 Å². The molecule has 2 fully saturated rings. The normalized spacial score (nSPS) is 22.5. The van der Waals surface area contributed by atoms with Crippen LogP contribution in [0.2, 0.25) is 0 Å². The first-order valence-electron chi connectivity index (χ1n) is 10.0. The highest BCUT2D eigenvalue weighted by molar-refractivity contribution is 5.33. The lowest BCUT2D eigenvalue weighted by Crippen LogP contribution is -2.26. The fraction of sp³-hybridized carbons (Fsp3) is 0.652. The maximum atomic E-state index is 2.60. The molecule has 0 aliphatic heterocycles. The van der Waals surface area contributed by atoms with E-state index in [-0.39, 0.29) is 0 Å². The third-order valence-corrected chi connectivity index (χ3v) is 6.28. The molecule has 0 atom stereocenters. The van der Waals surface area contributed by atoms with Gasteiger partial charge in [-0.2, -0.15) is 0 Å². The van der Waals surface area contributed by atoms with Gasteiger partial charge in [0.1, 0.15) is 0 Å². The summed E-state index contributed by atoms with van der Waals surface area (Å²) in [5.74, 6) is 1.01. The van der Waals surface area contributed by atoms with Gasteiger partial charge in [0, 0.05) is 5.41 Å². The summed E-state index contributed by atoms with van der Waals surface area (Å²) >= 11 is 0. The third-order valence-electron chi connectivity index (χ3n) is 6.28. The maximum Gasteiger partial charge on any atom is 0.0132 e. The van der Waals surface area contributed by atoms with Crippen LogP contribution in [0.4, 0.5) is 0 Å². The fourth-order valence-corrected chi connectivity index (χ4v) is 4.74. The van der Waals surface area contributed by atoms with Gasteiger partial charge in [-0.25, -0.2) is 0 Å². The highest BCUT2D eigenvalue weighted by Crippen LogP contribution is 2.41. The zero-order chi connectivity index (χ0) is 16.0. The predicted molar refractivity (Wildman–Crippen MR) is 101 cm³/mol. The number of hydrogen-bond acceptors (Lipinski definition) is 0. The lowest BCUT2D eigenvalue weighted by molar-refractivity contribution is 0.338. The lowest BCUT2D eigenvalue weighted by Gasteiger charge is -2.35. The highest BCUT2D eigenvalue weighted by Gasteiger charge is 2.30. The Balaban J connectivity index is 1.64. The standard InChI is InChI=1S/C23H34/c1-20-13-15-22(16-14-20)23(17-7-3-8-18-23)19-9-6-12-21-10-4-2-5-11-21/h9,13-16,19,21H,2-8,10-12,17-18H2,1H3/b19-9+. The van der Waals surface area contributed by atoms with Crippen molar-refractivity contribution < 1.29 is 0 Å². The van der Waals surface area contributed by atoms with Gasteiger partial charge >= 0.3 is 0 Å². The van der Waals surface area contributed by atoms with E-state index in [4.69, 9.17) is 0 Å². The van der Waals surface area contributed by atoms with Crippen LogP contribution in [-0.4, -0.2) is 0 Å². The highest BCUT2D eigenvalue weighted by atomic mass is 14.3. The minimum atomic E-state index is 0.332. The summed E-state index contributed by atoms with van der Waals surface area (Å²) in [6.07, 6.45) is 22.1. The largest absolute Gasteiger partial charge is 0.0876 e. The Hall–Kier alpha value is -1.04. The molecule has 2 aliphatic carbocycles. The van der Waals surface area contributed by atoms with E-state index in [1.54, 1.807) is 5.56 Å². The van der Waals surface area contributed by atoms with Crippen LogP contribution in [0.5, 0.6) is 0 Å². The molecule has 0 aromatic heterocycles. The summed E-state index contributed by atoms with van der Waals surface area (Å²) in [5, 5.41) is 0. The minimum Gasteiger partial charge on any atom is -0.0876 e. The molecular weight excluding hydrogens is 276 g/mol. The summed E-state index contributed by atoms with van der Waals surface area (Å²) in [4.78, 5) is 0. The van der Waals surface area contributed by atoms with Crippen molar-refractivity contribution in [1.29, 1.82) is 0 Å². The van der Waals surface area contributed by atoms with Crippen molar-refractivity contribution in [2.45, 2.75) is 89.4 Å². The van der Waals surface area contributed by atoms with Gasteiger partial charge in [0.25, 0.3) is 0 Å². The van der Waals surface area contributed by atoms with Crippen LogP contribution in [-0.2, 0) is 5.41 Å². The number of aryl methyl sites for hydroxylation is 1. The van der Waals surface area contributed by atoms with Crippen molar-refractivity contribution in [1.82, 2.24) is 0 Å². The molecule has 1 aromatic rings. The van der Waals surface area contributed by atoms with E-state index < -0.39 is 0 Å². The second-order valence-electron chi connectivity index (χ2n) is 8.07. The molecule has 3 rings (SSSR count).